The van der Waals surface area contributed by atoms with E-state index in [1.807, 2.05) is 32.0 Å². The standard InChI is InChI=1S/C17H18N4O2S2/c1-10-6-13(9-19-8-10)21-25(22)15-7-12(4-5-14(15)23-3)16-11(2)20-17(18)24-16/h4-9,21H,1-3H3,(H2,18,20). The van der Waals surface area contributed by atoms with E-state index in [2.05, 4.69) is 14.7 Å². The molecule has 1 aromatic carbocycles. The van der Waals surface area contributed by atoms with Crippen molar-refractivity contribution in [3.63, 3.8) is 0 Å². The predicted molar refractivity (Wildman–Crippen MR) is 102 cm³/mol. The summed E-state index contributed by atoms with van der Waals surface area (Å²) in [5.41, 5.74) is 9.21. The van der Waals surface area contributed by atoms with Crippen molar-refractivity contribution in [1.82, 2.24) is 9.97 Å². The maximum Gasteiger partial charge on any atom is 0.180 e. The minimum Gasteiger partial charge on any atom is -0.495 e. The number of benzene rings is 1. The van der Waals surface area contributed by atoms with Gasteiger partial charge in [-0.3, -0.25) is 9.71 Å². The van der Waals surface area contributed by atoms with Gasteiger partial charge in [-0.15, -0.1) is 0 Å². The summed E-state index contributed by atoms with van der Waals surface area (Å²) in [6.45, 7) is 3.83. The van der Waals surface area contributed by atoms with Gasteiger partial charge in [-0.05, 0) is 49.2 Å². The summed E-state index contributed by atoms with van der Waals surface area (Å²) in [6, 6.07) is 7.43. The van der Waals surface area contributed by atoms with E-state index in [1.54, 1.807) is 25.6 Å². The molecule has 1 unspecified atom stereocenters. The SMILES string of the molecule is COc1ccc(-c2sc(N)nc2C)cc1S(=O)Nc1cncc(C)c1. The minimum absolute atomic E-state index is 0.509. The molecule has 0 aliphatic heterocycles. The molecule has 3 aromatic rings. The van der Waals surface area contributed by atoms with Gasteiger partial charge in [0.05, 0.1) is 29.6 Å². The van der Waals surface area contributed by atoms with Gasteiger partial charge in [0.1, 0.15) is 10.6 Å². The van der Waals surface area contributed by atoms with Crippen LogP contribution in [-0.4, -0.2) is 21.3 Å². The second-order valence-electron chi connectivity index (χ2n) is 5.45. The van der Waals surface area contributed by atoms with Gasteiger partial charge >= 0.3 is 0 Å². The molecule has 1 atom stereocenters. The summed E-state index contributed by atoms with van der Waals surface area (Å²) in [6.07, 6.45) is 3.38. The summed E-state index contributed by atoms with van der Waals surface area (Å²) < 4.78 is 21.2. The zero-order chi connectivity index (χ0) is 18.0. The number of anilines is 2. The zero-order valence-corrected chi connectivity index (χ0v) is 15.7. The average molecular weight is 374 g/mol. The van der Waals surface area contributed by atoms with Crippen LogP contribution in [0.4, 0.5) is 10.8 Å². The fourth-order valence-corrected chi connectivity index (χ4v) is 4.25. The molecule has 8 heteroatoms. The maximum absolute atomic E-state index is 12.8. The molecule has 2 heterocycles. The number of methoxy groups -OCH3 is 1. The Labute approximate surface area is 152 Å². The third-order valence-corrected chi connectivity index (χ3v) is 5.70. The molecule has 0 aliphatic rings. The lowest BCUT2D eigenvalue weighted by molar-refractivity contribution is 0.404. The van der Waals surface area contributed by atoms with E-state index in [9.17, 15) is 4.21 Å². The minimum atomic E-state index is -1.50. The molecule has 0 saturated heterocycles. The number of aromatic nitrogens is 2. The first-order chi connectivity index (χ1) is 12.0. The molecule has 6 nitrogen and oxygen atoms in total. The molecule has 3 N–H and O–H groups in total. The molecule has 0 bridgehead atoms. The number of thiazole rings is 1. The Balaban J connectivity index is 1.97. The van der Waals surface area contributed by atoms with E-state index in [0.29, 0.717) is 21.5 Å². The van der Waals surface area contributed by atoms with Crippen molar-refractivity contribution in [2.75, 3.05) is 17.6 Å². The quantitative estimate of drug-likeness (QED) is 0.713. The lowest BCUT2D eigenvalue weighted by Crippen LogP contribution is -2.07. The number of nitrogens with two attached hydrogens (primary N) is 1. The van der Waals surface area contributed by atoms with Crippen molar-refractivity contribution < 1.29 is 8.95 Å². The first kappa shape index (κ1) is 17.4. The largest absolute Gasteiger partial charge is 0.495 e. The first-order valence-electron chi connectivity index (χ1n) is 7.49. The molecule has 0 radical (unpaired) electrons. The van der Waals surface area contributed by atoms with Crippen LogP contribution < -0.4 is 15.2 Å². The molecule has 0 saturated carbocycles. The van der Waals surface area contributed by atoms with Gasteiger partial charge in [-0.2, -0.15) is 0 Å². The number of aryl methyl sites for hydroxylation is 2. The highest BCUT2D eigenvalue weighted by Gasteiger charge is 2.16. The third-order valence-electron chi connectivity index (χ3n) is 3.52. The van der Waals surface area contributed by atoms with Crippen molar-refractivity contribution >= 4 is 33.1 Å². The smallest absolute Gasteiger partial charge is 0.180 e. The van der Waals surface area contributed by atoms with Gasteiger partial charge in [0.15, 0.2) is 16.1 Å². The van der Waals surface area contributed by atoms with E-state index in [-0.39, 0.29) is 0 Å². The highest BCUT2D eigenvalue weighted by atomic mass is 32.2. The topological polar surface area (TPSA) is 90.1 Å². The van der Waals surface area contributed by atoms with Crippen LogP contribution >= 0.6 is 11.3 Å². The molecule has 2 aromatic heterocycles. The average Bonchev–Trinajstić information content (AvgIpc) is 2.92. The number of nitrogens with one attached hydrogen (secondary N) is 1. The Morgan fingerprint density at radius 1 is 1.24 bits per heavy atom. The van der Waals surface area contributed by atoms with Crippen LogP contribution in [0.25, 0.3) is 10.4 Å². The van der Waals surface area contributed by atoms with Crippen LogP contribution in [0.15, 0.2) is 41.6 Å². The van der Waals surface area contributed by atoms with E-state index in [0.717, 1.165) is 21.7 Å². The van der Waals surface area contributed by atoms with Gasteiger partial charge < -0.3 is 10.5 Å². The lowest BCUT2D eigenvalue weighted by atomic mass is 10.1. The van der Waals surface area contributed by atoms with Gasteiger partial charge in [-0.25, -0.2) is 9.19 Å². The Morgan fingerprint density at radius 3 is 2.68 bits per heavy atom. The van der Waals surface area contributed by atoms with E-state index in [1.165, 1.54) is 11.3 Å². The van der Waals surface area contributed by atoms with Crippen LogP contribution in [0.3, 0.4) is 0 Å². The van der Waals surface area contributed by atoms with Crippen molar-refractivity contribution in [3.8, 4) is 16.2 Å². The fourth-order valence-electron chi connectivity index (χ4n) is 2.42. The molecule has 0 spiro atoms. The Hall–Kier alpha value is -2.45. The Bertz CT molecular complexity index is 940. The summed E-state index contributed by atoms with van der Waals surface area (Å²) >= 11 is 1.40. The number of hydrogen-bond acceptors (Lipinski definition) is 6. The number of rotatable bonds is 5. The molecule has 130 valence electrons. The molecule has 0 amide bonds. The maximum atomic E-state index is 12.8. The van der Waals surface area contributed by atoms with Gasteiger partial charge in [-0.1, -0.05) is 11.3 Å². The number of ether oxygens (including phenoxy) is 1. The second-order valence-corrected chi connectivity index (χ2v) is 7.67. The summed E-state index contributed by atoms with van der Waals surface area (Å²) in [5, 5.41) is 0.509. The lowest BCUT2D eigenvalue weighted by Gasteiger charge is -2.12. The van der Waals surface area contributed by atoms with Gasteiger partial charge in [0.25, 0.3) is 0 Å². The van der Waals surface area contributed by atoms with Crippen LogP contribution in [-0.2, 0) is 11.0 Å². The van der Waals surface area contributed by atoms with Gasteiger partial charge in [0.2, 0.25) is 0 Å². The first-order valence-corrected chi connectivity index (χ1v) is 9.46. The summed E-state index contributed by atoms with van der Waals surface area (Å²) in [7, 11) is 0.0554. The highest BCUT2D eigenvalue weighted by molar-refractivity contribution is 7.86. The third kappa shape index (κ3) is 3.80. The number of hydrogen-bond donors (Lipinski definition) is 2. The molecular weight excluding hydrogens is 356 g/mol. The van der Waals surface area contributed by atoms with E-state index < -0.39 is 11.0 Å². The van der Waals surface area contributed by atoms with Gasteiger partial charge in [0, 0.05) is 6.20 Å². The second kappa shape index (κ2) is 7.20. The van der Waals surface area contributed by atoms with E-state index >= 15 is 0 Å². The molecule has 0 fully saturated rings. The van der Waals surface area contributed by atoms with Crippen LogP contribution in [0.5, 0.6) is 5.75 Å². The fraction of sp³-hybridized carbons (Fsp3) is 0.176. The number of nitrogens with zero attached hydrogens (tertiary/aromatic N) is 2. The summed E-state index contributed by atoms with van der Waals surface area (Å²) in [4.78, 5) is 9.85. The number of nitrogen functional groups attached to an aromatic ring is 1. The van der Waals surface area contributed by atoms with Crippen LogP contribution in [0.1, 0.15) is 11.3 Å². The van der Waals surface area contributed by atoms with Crippen LogP contribution in [0, 0.1) is 13.8 Å². The Kier molecular flexibility index (Phi) is 5.00. The molecule has 0 aliphatic carbocycles. The monoisotopic (exact) mass is 374 g/mol. The molecule has 3 rings (SSSR count). The Morgan fingerprint density at radius 2 is 2.04 bits per heavy atom. The highest BCUT2D eigenvalue weighted by Crippen LogP contribution is 2.35. The predicted octanol–water partition coefficient (Wildman–Crippen LogP) is 3.55. The number of pyridine rings is 1. The molecular formula is C17H18N4O2S2. The van der Waals surface area contributed by atoms with E-state index in [4.69, 9.17) is 10.5 Å². The van der Waals surface area contributed by atoms with Crippen molar-refractivity contribution in [2.24, 2.45) is 0 Å². The van der Waals surface area contributed by atoms with Crippen molar-refractivity contribution in [3.05, 3.63) is 47.9 Å². The van der Waals surface area contributed by atoms with Crippen LogP contribution in [0.2, 0.25) is 0 Å². The zero-order valence-electron chi connectivity index (χ0n) is 14.1. The normalized spacial score (nSPS) is 12.0. The summed E-state index contributed by atoms with van der Waals surface area (Å²) in [5.74, 6) is 0.547. The van der Waals surface area contributed by atoms with Crippen molar-refractivity contribution in [2.45, 2.75) is 18.7 Å². The molecule has 25 heavy (non-hydrogen) atoms. The van der Waals surface area contributed by atoms with Crippen molar-refractivity contribution in [1.29, 1.82) is 0 Å².